The summed E-state index contributed by atoms with van der Waals surface area (Å²) in [5.74, 6) is 0. The molecule has 2 heteroatoms. The van der Waals surface area contributed by atoms with Gasteiger partial charge in [0.05, 0.1) is 11.7 Å². The van der Waals surface area contributed by atoms with Crippen molar-refractivity contribution in [1.82, 2.24) is 0 Å². The summed E-state index contributed by atoms with van der Waals surface area (Å²) in [4.78, 5) is 0. The lowest BCUT2D eigenvalue weighted by molar-refractivity contribution is -0.0669. The second-order valence-corrected chi connectivity index (χ2v) is 5.00. The monoisotopic (exact) mass is 222 g/mol. The molecule has 0 amide bonds. The van der Waals surface area contributed by atoms with E-state index in [0.717, 1.165) is 12.8 Å². The van der Waals surface area contributed by atoms with Gasteiger partial charge >= 0.3 is 0 Å². The summed E-state index contributed by atoms with van der Waals surface area (Å²) in [5, 5.41) is 8.90. The maximum absolute atomic E-state index is 8.90. The molecular formula is C14H22O2. The van der Waals surface area contributed by atoms with E-state index >= 15 is 0 Å². The molecule has 0 radical (unpaired) electrons. The SMILES string of the molecule is CC(C)(C)O[C@@H](CCCO)c1ccccc1. The summed E-state index contributed by atoms with van der Waals surface area (Å²) in [5.41, 5.74) is 1.03. The van der Waals surface area contributed by atoms with E-state index in [0.29, 0.717) is 0 Å². The van der Waals surface area contributed by atoms with E-state index in [1.54, 1.807) is 0 Å². The van der Waals surface area contributed by atoms with Crippen LogP contribution in [0.25, 0.3) is 0 Å². The fourth-order valence-electron chi connectivity index (χ4n) is 1.66. The fraction of sp³-hybridized carbons (Fsp3) is 0.571. The molecule has 1 aromatic rings. The van der Waals surface area contributed by atoms with E-state index in [1.165, 1.54) is 5.56 Å². The van der Waals surface area contributed by atoms with Gasteiger partial charge in [0.2, 0.25) is 0 Å². The van der Waals surface area contributed by atoms with Crippen molar-refractivity contribution in [1.29, 1.82) is 0 Å². The van der Waals surface area contributed by atoms with Crippen LogP contribution in [-0.4, -0.2) is 17.3 Å². The molecule has 0 heterocycles. The molecule has 0 bridgehead atoms. The Morgan fingerprint density at radius 3 is 2.31 bits per heavy atom. The van der Waals surface area contributed by atoms with Crippen LogP contribution in [0.3, 0.4) is 0 Å². The summed E-state index contributed by atoms with van der Waals surface area (Å²) in [6.07, 6.45) is 1.71. The van der Waals surface area contributed by atoms with Crippen molar-refractivity contribution in [3.05, 3.63) is 35.9 Å². The van der Waals surface area contributed by atoms with E-state index in [4.69, 9.17) is 9.84 Å². The van der Waals surface area contributed by atoms with Crippen LogP contribution in [0.4, 0.5) is 0 Å². The highest BCUT2D eigenvalue weighted by Crippen LogP contribution is 2.27. The molecule has 0 aliphatic heterocycles. The molecule has 0 fully saturated rings. The first-order valence-electron chi connectivity index (χ1n) is 5.86. The third-order valence-corrected chi connectivity index (χ3v) is 2.29. The van der Waals surface area contributed by atoms with Crippen molar-refractivity contribution in [3.63, 3.8) is 0 Å². The third kappa shape index (κ3) is 4.77. The minimum atomic E-state index is -0.157. The third-order valence-electron chi connectivity index (χ3n) is 2.29. The average molecular weight is 222 g/mol. The molecule has 0 aliphatic rings. The Labute approximate surface area is 98.3 Å². The van der Waals surface area contributed by atoms with E-state index in [-0.39, 0.29) is 18.3 Å². The van der Waals surface area contributed by atoms with Crippen LogP contribution in [0.5, 0.6) is 0 Å². The van der Waals surface area contributed by atoms with Gasteiger partial charge in [-0.1, -0.05) is 30.3 Å². The molecule has 1 rings (SSSR count). The van der Waals surface area contributed by atoms with E-state index < -0.39 is 0 Å². The molecule has 1 aromatic carbocycles. The van der Waals surface area contributed by atoms with Gasteiger partial charge < -0.3 is 9.84 Å². The Bertz CT molecular complexity index is 287. The number of aliphatic hydroxyl groups is 1. The second kappa shape index (κ2) is 6.02. The molecule has 90 valence electrons. The summed E-state index contributed by atoms with van der Waals surface area (Å²) in [6.45, 7) is 6.39. The number of ether oxygens (including phenoxy) is 1. The van der Waals surface area contributed by atoms with Crippen molar-refractivity contribution in [2.45, 2.75) is 45.3 Å². The minimum Gasteiger partial charge on any atom is -0.396 e. The first-order chi connectivity index (χ1) is 7.53. The van der Waals surface area contributed by atoms with Gasteiger partial charge in [-0.15, -0.1) is 0 Å². The zero-order valence-electron chi connectivity index (χ0n) is 10.4. The number of aliphatic hydroxyl groups excluding tert-OH is 1. The van der Waals surface area contributed by atoms with E-state index in [9.17, 15) is 0 Å². The largest absolute Gasteiger partial charge is 0.396 e. The quantitative estimate of drug-likeness (QED) is 0.828. The van der Waals surface area contributed by atoms with Crippen LogP contribution in [-0.2, 0) is 4.74 Å². The lowest BCUT2D eigenvalue weighted by Crippen LogP contribution is -2.22. The molecule has 0 saturated heterocycles. The average Bonchev–Trinajstić information content (AvgIpc) is 2.24. The number of rotatable bonds is 5. The van der Waals surface area contributed by atoms with Crippen molar-refractivity contribution >= 4 is 0 Å². The van der Waals surface area contributed by atoms with Crippen LogP contribution >= 0.6 is 0 Å². The van der Waals surface area contributed by atoms with Crippen LogP contribution in [0.2, 0.25) is 0 Å². The summed E-state index contributed by atoms with van der Waals surface area (Å²) in [7, 11) is 0. The van der Waals surface area contributed by atoms with Crippen molar-refractivity contribution < 1.29 is 9.84 Å². The lowest BCUT2D eigenvalue weighted by Gasteiger charge is -2.28. The topological polar surface area (TPSA) is 29.5 Å². The zero-order chi connectivity index (χ0) is 12.0. The van der Waals surface area contributed by atoms with Gasteiger partial charge in [-0.25, -0.2) is 0 Å². The fourth-order valence-corrected chi connectivity index (χ4v) is 1.66. The summed E-state index contributed by atoms with van der Waals surface area (Å²) < 4.78 is 6.01. The summed E-state index contributed by atoms with van der Waals surface area (Å²) >= 11 is 0. The van der Waals surface area contributed by atoms with Crippen LogP contribution in [0.15, 0.2) is 30.3 Å². The molecule has 1 N–H and O–H groups in total. The number of hydrogen-bond donors (Lipinski definition) is 1. The Morgan fingerprint density at radius 2 is 1.81 bits per heavy atom. The van der Waals surface area contributed by atoms with Gasteiger partial charge in [0.15, 0.2) is 0 Å². The number of hydrogen-bond acceptors (Lipinski definition) is 2. The van der Waals surface area contributed by atoms with Gasteiger partial charge in [-0.3, -0.25) is 0 Å². The molecule has 2 nitrogen and oxygen atoms in total. The predicted octanol–water partition coefficient (Wildman–Crippen LogP) is 3.32. The number of benzene rings is 1. The van der Waals surface area contributed by atoms with Crippen LogP contribution < -0.4 is 0 Å². The molecule has 1 atom stereocenters. The highest BCUT2D eigenvalue weighted by molar-refractivity contribution is 5.17. The standard InChI is InChI=1S/C14H22O2/c1-14(2,3)16-13(10-7-11-15)12-8-5-4-6-9-12/h4-6,8-9,13,15H,7,10-11H2,1-3H3/t13-/m0/s1. The van der Waals surface area contributed by atoms with E-state index in [1.807, 2.05) is 18.2 Å². The maximum Gasteiger partial charge on any atom is 0.0832 e. The maximum atomic E-state index is 8.90. The van der Waals surface area contributed by atoms with Crippen molar-refractivity contribution in [2.75, 3.05) is 6.61 Å². The van der Waals surface area contributed by atoms with Gasteiger partial charge in [0.25, 0.3) is 0 Å². The van der Waals surface area contributed by atoms with Gasteiger partial charge in [0.1, 0.15) is 0 Å². The summed E-state index contributed by atoms with van der Waals surface area (Å²) in [6, 6.07) is 10.2. The Balaban J connectivity index is 2.71. The Hall–Kier alpha value is -0.860. The second-order valence-electron chi connectivity index (χ2n) is 5.00. The van der Waals surface area contributed by atoms with Gasteiger partial charge in [0, 0.05) is 6.61 Å². The molecule has 0 unspecified atom stereocenters. The van der Waals surface area contributed by atoms with Crippen molar-refractivity contribution in [2.24, 2.45) is 0 Å². The molecular weight excluding hydrogens is 200 g/mol. The van der Waals surface area contributed by atoms with E-state index in [2.05, 4.69) is 32.9 Å². The molecule has 16 heavy (non-hydrogen) atoms. The molecule has 0 aliphatic carbocycles. The first-order valence-corrected chi connectivity index (χ1v) is 5.86. The Kier molecular flexibility index (Phi) is 4.97. The predicted molar refractivity (Wildman–Crippen MR) is 66.3 cm³/mol. The highest BCUT2D eigenvalue weighted by atomic mass is 16.5. The van der Waals surface area contributed by atoms with Crippen LogP contribution in [0.1, 0.15) is 45.3 Å². The molecule has 0 spiro atoms. The first kappa shape index (κ1) is 13.2. The highest BCUT2D eigenvalue weighted by Gasteiger charge is 2.19. The van der Waals surface area contributed by atoms with Gasteiger partial charge in [-0.05, 0) is 39.2 Å². The smallest absolute Gasteiger partial charge is 0.0832 e. The lowest BCUT2D eigenvalue weighted by atomic mass is 10.0. The Morgan fingerprint density at radius 1 is 1.19 bits per heavy atom. The van der Waals surface area contributed by atoms with Crippen molar-refractivity contribution in [3.8, 4) is 0 Å². The van der Waals surface area contributed by atoms with Crippen LogP contribution in [0, 0.1) is 0 Å². The zero-order valence-corrected chi connectivity index (χ0v) is 10.4. The minimum absolute atomic E-state index is 0.0772. The molecule has 0 aromatic heterocycles. The van der Waals surface area contributed by atoms with Gasteiger partial charge in [-0.2, -0.15) is 0 Å². The normalized spacial score (nSPS) is 13.8. The molecule has 0 saturated carbocycles.